The van der Waals surface area contributed by atoms with Crippen molar-refractivity contribution < 1.29 is 9.47 Å². The minimum Gasteiger partial charge on any atom is -0.453 e. The third-order valence-corrected chi connectivity index (χ3v) is 5.62. The average molecular weight is 386 g/mol. The second-order valence-electron chi connectivity index (χ2n) is 7.55. The molecular weight excluding hydrogens is 372 g/mol. The van der Waals surface area contributed by atoms with Gasteiger partial charge < -0.3 is 9.47 Å². The van der Waals surface area contributed by atoms with Crippen LogP contribution in [-0.4, -0.2) is 0 Å². The average Bonchev–Trinajstić information content (AvgIpc) is 2.77. The van der Waals surface area contributed by atoms with Gasteiger partial charge in [-0.3, -0.25) is 0 Å². The number of hydrogen-bond donors (Lipinski definition) is 0. The van der Waals surface area contributed by atoms with E-state index in [9.17, 15) is 0 Å². The monoisotopic (exact) mass is 386 g/mol. The van der Waals surface area contributed by atoms with E-state index >= 15 is 0 Å². The van der Waals surface area contributed by atoms with Crippen LogP contribution in [0.25, 0.3) is 21.5 Å². The van der Waals surface area contributed by atoms with Crippen LogP contribution in [0.5, 0.6) is 23.0 Å². The van der Waals surface area contributed by atoms with Crippen molar-refractivity contribution in [3.8, 4) is 23.0 Å². The zero-order valence-corrected chi connectivity index (χ0v) is 15.8. The summed E-state index contributed by atoms with van der Waals surface area (Å²) in [6.45, 7) is 0. The van der Waals surface area contributed by atoms with Crippen molar-refractivity contribution in [2.45, 2.75) is 0 Å². The Bertz CT molecular complexity index is 1530. The number of nitrogens with zero attached hydrogens (tertiary/aromatic N) is 2. The number of ether oxygens (including phenoxy) is 2. The fraction of sp³-hybridized carbons (Fsp3) is 0. The Hall–Kier alpha value is -4.18. The quantitative estimate of drug-likeness (QED) is 0.316. The van der Waals surface area contributed by atoms with Crippen LogP contribution in [-0.2, 0) is 0 Å². The number of fused-ring (bicyclic) bond motifs is 6. The summed E-state index contributed by atoms with van der Waals surface area (Å²) in [7, 11) is 0. The van der Waals surface area contributed by atoms with Gasteiger partial charge in [0.25, 0.3) is 0 Å². The van der Waals surface area contributed by atoms with Crippen LogP contribution < -0.4 is 20.2 Å². The summed E-state index contributed by atoms with van der Waals surface area (Å²) in [5.41, 5.74) is 1.64. The molecule has 0 saturated carbocycles. The van der Waals surface area contributed by atoms with E-state index in [-0.39, 0.29) is 0 Å². The normalized spacial score (nSPS) is 13.1. The van der Waals surface area contributed by atoms with Crippen molar-refractivity contribution >= 4 is 32.9 Å². The second kappa shape index (κ2) is 5.67. The summed E-state index contributed by atoms with van der Waals surface area (Å²) in [6, 6.07) is 28.4. The van der Waals surface area contributed by atoms with E-state index in [1.165, 1.54) is 0 Å². The fourth-order valence-corrected chi connectivity index (χ4v) is 4.13. The molecule has 0 N–H and O–H groups in total. The van der Waals surface area contributed by atoms with Crippen molar-refractivity contribution in [3.05, 3.63) is 95.6 Å². The molecule has 0 radical (unpaired) electrons. The van der Waals surface area contributed by atoms with Gasteiger partial charge in [0, 0.05) is 12.1 Å². The summed E-state index contributed by atoms with van der Waals surface area (Å²) in [5, 5.41) is 6.02. The van der Waals surface area contributed by atoms with Crippen molar-refractivity contribution in [1.29, 1.82) is 0 Å². The molecule has 5 aromatic rings. The Morgan fingerprint density at radius 1 is 0.433 bits per heavy atom. The molecule has 0 atom stereocenters. The molecule has 0 aliphatic carbocycles. The lowest BCUT2D eigenvalue weighted by Gasteiger charge is -2.18. The van der Waals surface area contributed by atoms with Crippen LogP contribution in [0.15, 0.2) is 94.9 Å². The second-order valence-corrected chi connectivity index (χ2v) is 7.55. The lowest BCUT2D eigenvalue weighted by Crippen LogP contribution is -2.18. The predicted octanol–water partition coefficient (Wildman–Crippen LogP) is 6.11. The molecule has 4 heteroatoms. The van der Waals surface area contributed by atoms with Crippen LogP contribution in [0.1, 0.15) is 0 Å². The molecule has 140 valence electrons. The van der Waals surface area contributed by atoms with Gasteiger partial charge in [-0.1, -0.05) is 48.5 Å². The first-order valence-corrected chi connectivity index (χ1v) is 9.83. The van der Waals surface area contributed by atoms with E-state index in [1.54, 1.807) is 0 Å². The molecule has 7 rings (SSSR count). The van der Waals surface area contributed by atoms with Crippen LogP contribution in [0.3, 0.4) is 0 Å². The van der Waals surface area contributed by atoms with Crippen molar-refractivity contribution in [2.75, 3.05) is 0 Å². The minimum atomic E-state index is 0.688. The van der Waals surface area contributed by atoms with E-state index in [4.69, 9.17) is 19.5 Å². The van der Waals surface area contributed by atoms with Gasteiger partial charge in [-0.2, -0.15) is 0 Å². The van der Waals surface area contributed by atoms with Crippen molar-refractivity contribution in [2.24, 2.45) is 9.98 Å². The van der Waals surface area contributed by atoms with Gasteiger partial charge in [0.05, 0.1) is 0 Å². The Labute approximate surface area is 171 Å². The third kappa shape index (κ3) is 2.28. The maximum absolute atomic E-state index is 6.20. The van der Waals surface area contributed by atoms with E-state index in [0.29, 0.717) is 11.5 Å². The van der Waals surface area contributed by atoms with Crippen molar-refractivity contribution in [1.82, 2.24) is 0 Å². The van der Waals surface area contributed by atoms with Gasteiger partial charge in [-0.25, -0.2) is 9.98 Å². The van der Waals surface area contributed by atoms with E-state index in [1.807, 2.05) is 48.5 Å². The third-order valence-electron chi connectivity index (χ3n) is 5.62. The molecule has 0 saturated heterocycles. The SMILES string of the molecule is c1ccc2cc3c(cc2c1)N=c1cc2c(cc1O3)=Nc1cc3ccccc3cc1O2. The molecule has 2 aliphatic heterocycles. The number of rotatable bonds is 0. The van der Waals surface area contributed by atoms with Gasteiger partial charge >= 0.3 is 0 Å². The molecule has 2 heterocycles. The Morgan fingerprint density at radius 2 is 0.833 bits per heavy atom. The zero-order valence-electron chi connectivity index (χ0n) is 15.8. The smallest absolute Gasteiger partial charge is 0.155 e. The maximum atomic E-state index is 6.20. The highest BCUT2D eigenvalue weighted by Crippen LogP contribution is 2.40. The van der Waals surface area contributed by atoms with Gasteiger partial charge in [0.1, 0.15) is 22.1 Å². The molecule has 4 nitrogen and oxygen atoms in total. The summed E-state index contributed by atoms with van der Waals surface area (Å²) in [5.74, 6) is 2.88. The van der Waals surface area contributed by atoms with Gasteiger partial charge in [0.15, 0.2) is 23.0 Å². The van der Waals surface area contributed by atoms with Gasteiger partial charge in [-0.05, 0) is 45.8 Å². The standard InChI is InChI=1S/C26H14N2O2/c1-3-7-17-11-23-19(9-15(17)5-1)27-21-13-26-22(14-25(21)29-23)28-20-10-16-6-2-4-8-18(16)12-24(20)30-26/h1-14H. The molecule has 0 bridgehead atoms. The summed E-state index contributed by atoms with van der Waals surface area (Å²) >= 11 is 0. The Balaban J connectivity index is 1.42. The lowest BCUT2D eigenvalue weighted by atomic mass is 10.1. The van der Waals surface area contributed by atoms with E-state index in [0.717, 1.165) is 55.1 Å². The van der Waals surface area contributed by atoms with Crippen LogP contribution >= 0.6 is 0 Å². The highest BCUT2D eigenvalue weighted by atomic mass is 16.5. The lowest BCUT2D eigenvalue weighted by molar-refractivity contribution is 0.451. The van der Waals surface area contributed by atoms with E-state index < -0.39 is 0 Å². The topological polar surface area (TPSA) is 43.2 Å². The maximum Gasteiger partial charge on any atom is 0.155 e. The Kier molecular flexibility index (Phi) is 2.97. The summed E-state index contributed by atoms with van der Waals surface area (Å²) in [4.78, 5) is 9.65. The molecule has 2 aliphatic rings. The highest BCUT2D eigenvalue weighted by Gasteiger charge is 2.19. The molecule has 5 aromatic carbocycles. The summed E-state index contributed by atoms with van der Waals surface area (Å²) in [6.07, 6.45) is 0. The first kappa shape index (κ1) is 15.7. The molecule has 0 aromatic heterocycles. The van der Waals surface area contributed by atoms with Gasteiger partial charge in [0.2, 0.25) is 0 Å². The molecule has 0 spiro atoms. The van der Waals surface area contributed by atoms with Crippen molar-refractivity contribution in [3.63, 3.8) is 0 Å². The van der Waals surface area contributed by atoms with Crippen LogP contribution in [0.2, 0.25) is 0 Å². The number of benzene rings is 5. The predicted molar refractivity (Wildman–Crippen MR) is 116 cm³/mol. The first-order valence-electron chi connectivity index (χ1n) is 9.83. The first-order chi connectivity index (χ1) is 14.8. The molecule has 0 amide bonds. The summed E-state index contributed by atoms with van der Waals surface area (Å²) < 4.78 is 12.4. The van der Waals surface area contributed by atoms with Crippen LogP contribution in [0, 0.1) is 0 Å². The Morgan fingerprint density at radius 3 is 1.27 bits per heavy atom. The fourth-order valence-electron chi connectivity index (χ4n) is 4.13. The molecule has 0 unspecified atom stereocenters. The van der Waals surface area contributed by atoms with Gasteiger partial charge in [-0.15, -0.1) is 0 Å². The highest BCUT2D eigenvalue weighted by molar-refractivity contribution is 5.89. The molecule has 0 fully saturated rings. The minimum absolute atomic E-state index is 0.688. The molecule has 30 heavy (non-hydrogen) atoms. The molecular formula is C26H14N2O2. The zero-order chi connectivity index (χ0) is 19.7. The van der Waals surface area contributed by atoms with Crippen LogP contribution in [0.4, 0.5) is 11.4 Å². The number of hydrogen-bond acceptors (Lipinski definition) is 4. The largest absolute Gasteiger partial charge is 0.453 e. The van der Waals surface area contributed by atoms with E-state index in [2.05, 4.69) is 36.4 Å².